The summed E-state index contributed by atoms with van der Waals surface area (Å²) in [7, 11) is 3.12. The molecule has 0 radical (unpaired) electrons. The number of hydrogen-bond acceptors (Lipinski definition) is 5. The molecule has 1 aliphatic heterocycles. The molecule has 0 amide bonds. The quantitative estimate of drug-likeness (QED) is 0.381. The zero-order valence-electron chi connectivity index (χ0n) is 15.0. The molecule has 0 saturated carbocycles. The van der Waals surface area contributed by atoms with Crippen molar-refractivity contribution in [2.24, 2.45) is 10.7 Å². The molecule has 0 aliphatic carbocycles. The molecule has 2 aromatic carbocycles. The molecule has 1 heterocycles. The highest BCUT2D eigenvalue weighted by molar-refractivity contribution is 14.0. The topological polar surface area (TPSA) is 87.3 Å². The van der Waals surface area contributed by atoms with Gasteiger partial charge in [-0.15, -0.1) is 24.0 Å². The summed E-state index contributed by atoms with van der Waals surface area (Å²) < 4.78 is 34.9. The number of nitrogens with one attached hydrogen (secondary N) is 1. The average Bonchev–Trinajstić information content (AvgIpc) is 2.65. The number of halogens is 2. The molecule has 2 aromatic rings. The molecule has 0 spiro atoms. The van der Waals surface area contributed by atoms with Gasteiger partial charge in [0.2, 0.25) is 0 Å². The first-order valence-corrected chi connectivity index (χ1v) is 7.91. The van der Waals surface area contributed by atoms with Gasteiger partial charge in [0, 0.05) is 17.2 Å². The van der Waals surface area contributed by atoms with Gasteiger partial charge in [-0.2, -0.15) is 0 Å². The Labute approximate surface area is 173 Å². The molecular formula is C18H21FIN3O4. The van der Waals surface area contributed by atoms with Crippen LogP contribution in [0.1, 0.15) is 11.1 Å². The second kappa shape index (κ2) is 9.60. The van der Waals surface area contributed by atoms with Gasteiger partial charge in [0.15, 0.2) is 12.8 Å². The van der Waals surface area contributed by atoms with Gasteiger partial charge in [0.1, 0.15) is 23.1 Å². The van der Waals surface area contributed by atoms with E-state index in [1.807, 2.05) is 0 Å². The average molecular weight is 489 g/mol. The maximum atomic E-state index is 13.8. The molecule has 0 bridgehead atoms. The molecule has 0 saturated heterocycles. The van der Waals surface area contributed by atoms with E-state index in [4.69, 9.17) is 24.7 Å². The van der Waals surface area contributed by atoms with Crippen LogP contribution in [0.25, 0.3) is 0 Å². The summed E-state index contributed by atoms with van der Waals surface area (Å²) in [5.41, 5.74) is 7.83. The van der Waals surface area contributed by atoms with E-state index < -0.39 is 0 Å². The monoisotopic (exact) mass is 489 g/mol. The molecule has 7 nitrogen and oxygen atoms in total. The Kier molecular flexibility index (Phi) is 7.48. The van der Waals surface area contributed by atoms with Crippen molar-refractivity contribution in [3.63, 3.8) is 0 Å². The number of anilines is 1. The zero-order valence-corrected chi connectivity index (χ0v) is 17.3. The van der Waals surface area contributed by atoms with Crippen molar-refractivity contribution in [3.8, 4) is 17.2 Å². The highest BCUT2D eigenvalue weighted by Gasteiger charge is 2.17. The summed E-state index contributed by atoms with van der Waals surface area (Å²) in [6.45, 7) is 0.591. The third-order valence-corrected chi connectivity index (χ3v) is 3.84. The molecule has 1 aliphatic rings. The lowest BCUT2D eigenvalue weighted by Crippen LogP contribution is -2.23. The van der Waals surface area contributed by atoms with Crippen molar-refractivity contribution >= 4 is 35.6 Å². The summed E-state index contributed by atoms with van der Waals surface area (Å²) in [5, 5.41) is 2.96. The minimum absolute atomic E-state index is 0. The summed E-state index contributed by atoms with van der Waals surface area (Å²) in [6.07, 6.45) is 0. The van der Waals surface area contributed by atoms with Gasteiger partial charge in [-0.05, 0) is 24.3 Å². The molecule has 0 aromatic heterocycles. The molecule has 146 valence electrons. The molecule has 3 N–H and O–H groups in total. The number of aliphatic imine (C=N–C) groups is 1. The van der Waals surface area contributed by atoms with Gasteiger partial charge < -0.3 is 30.0 Å². The smallest absolute Gasteiger partial charge is 0.193 e. The normalized spacial score (nSPS) is 13.1. The van der Waals surface area contributed by atoms with Gasteiger partial charge in [-0.1, -0.05) is 0 Å². The van der Waals surface area contributed by atoms with E-state index in [1.165, 1.54) is 12.1 Å². The summed E-state index contributed by atoms with van der Waals surface area (Å²) in [5.74, 6) is 1.61. The fraction of sp³-hybridized carbons (Fsp3) is 0.278. The summed E-state index contributed by atoms with van der Waals surface area (Å²) in [6, 6.07) is 8.05. The van der Waals surface area contributed by atoms with Gasteiger partial charge in [-0.3, -0.25) is 0 Å². The van der Waals surface area contributed by atoms with Crippen molar-refractivity contribution in [2.45, 2.75) is 13.2 Å². The Hall–Kier alpha value is -2.27. The first kappa shape index (κ1) is 21.0. The van der Waals surface area contributed by atoms with Crippen LogP contribution in [-0.4, -0.2) is 27.0 Å². The van der Waals surface area contributed by atoms with Crippen LogP contribution in [-0.2, 0) is 17.9 Å². The number of hydrogen-bond donors (Lipinski definition) is 2. The Morgan fingerprint density at radius 2 is 2.07 bits per heavy atom. The van der Waals surface area contributed by atoms with Crippen molar-refractivity contribution in [1.82, 2.24) is 0 Å². The number of benzene rings is 2. The van der Waals surface area contributed by atoms with E-state index in [0.717, 1.165) is 0 Å². The predicted octanol–water partition coefficient (Wildman–Crippen LogP) is 3.25. The first-order chi connectivity index (χ1) is 12.6. The van der Waals surface area contributed by atoms with Crippen molar-refractivity contribution in [2.75, 3.05) is 26.3 Å². The molecule has 0 unspecified atom stereocenters. The second-order valence-electron chi connectivity index (χ2n) is 5.56. The SMILES string of the molecule is COc1ccc(OC)c(NC(N)=NCc2cc(F)cc3c2OCOC3)c1.I. The summed E-state index contributed by atoms with van der Waals surface area (Å²) in [4.78, 5) is 4.27. The first-order valence-electron chi connectivity index (χ1n) is 7.91. The van der Waals surface area contributed by atoms with Crippen molar-refractivity contribution in [3.05, 3.63) is 47.3 Å². The highest BCUT2D eigenvalue weighted by Crippen LogP contribution is 2.31. The van der Waals surface area contributed by atoms with Gasteiger partial charge in [0.05, 0.1) is 33.1 Å². The van der Waals surface area contributed by atoms with Crippen molar-refractivity contribution in [1.29, 1.82) is 0 Å². The number of nitrogens with two attached hydrogens (primary N) is 1. The number of nitrogens with zero attached hydrogens (tertiary/aromatic N) is 1. The lowest BCUT2D eigenvalue weighted by Gasteiger charge is -2.20. The molecule has 3 rings (SSSR count). The van der Waals surface area contributed by atoms with E-state index in [9.17, 15) is 4.39 Å². The zero-order chi connectivity index (χ0) is 18.5. The van der Waals surface area contributed by atoms with Crippen LogP contribution >= 0.6 is 24.0 Å². The molecular weight excluding hydrogens is 468 g/mol. The van der Waals surface area contributed by atoms with E-state index >= 15 is 0 Å². The van der Waals surface area contributed by atoms with E-state index in [1.54, 1.807) is 32.4 Å². The minimum Gasteiger partial charge on any atom is -0.497 e. The highest BCUT2D eigenvalue weighted by atomic mass is 127. The van der Waals surface area contributed by atoms with E-state index in [0.29, 0.717) is 40.7 Å². The minimum atomic E-state index is -0.371. The maximum absolute atomic E-state index is 13.8. The van der Waals surface area contributed by atoms with Crippen LogP contribution in [0.2, 0.25) is 0 Å². The largest absolute Gasteiger partial charge is 0.497 e. The summed E-state index contributed by atoms with van der Waals surface area (Å²) >= 11 is 0. The lowest BCUT2D eigenvalue weighted by molar-refractivity contribution is -0.0172. The second-order valence-corrected chi connectivity index (χ2v) is 5.56. The molecule has 0 fully saturated rings. The maximum Gasteiger partial charge on any atom is 0.193 e. The van der Waals surface area contributed by atoms with Crippen LogP contribution < -0.4 is 25.3 Å². The Balaban J connectivity index is 0.00000261. The number of guanidine groups is 1. The fourth-order valence-corrected chi connectivity index (χ4v) is 2.63. The third-order valence-electron chi connectivity index (χ3n) is 3.84. The van der Waals surface area contributed by atoms with E-state index in [2.05, 4.69) is 10.3 Å². The van der Waals surface area contributed by atoms with Gasteiger partial charge >= 0.3 is 0 Å². The van der Waals surface area contributed by atoms with Crippen molar-refractivity contribution < 1.29 is 23.3 Å². The Bertz CT molecular complexity index is 832. The number of ether oxygens (including phenoxy) is 4. The van der Waals surface area contributed by atoms with E-state index in [-0.39, 0.29) is 49.1 Å². The Morgan fingerprint density at radius 1 is 1.26 bits per heavy atom. The number of methoxy groups -OCH3 is 2. The predicted molar refractivity (Wildman–Crippen MR) is 111 cm³/mol. The lowest BCUT2D eigenvalue weighted by atomic mass is 10.1. The standard InChI is InChI=1S/C18H20FN3O4.HI/c1-23-14-3-4-16(24-2)15(7-14)22-18(20)21-8-11-5-13(19)6-12-9-25-10-26-17(11)12;/h3-7H,8-10H2,1-2H3,(H3,20,21,22);1H. The van der Waals surface area contributed by atoms with Gasteiger partial charge in [-0.25, -0.2) is 9.38 Å². The number of rotatable bonds is 5. The fourth-order valence-electron chi connectivity index (χ4n) is 2.63. The molecule has 9 heteroatoms. The van der Waals surface area contributed by atoms with Crippen LogP contribution in [0.15, 0.2) is 35.3 Å². The number of fused-ring (bicyclic) bond motifs is 1. The van der Waals surface area contributed by atoms with Gasteiger partial charge in [0.25, 0.3) is 0 Å². The molecule has 27 heavy (non-hydrogen) atoms. The van der Waals surface area contributed by atoms with Crippen LogP contribution in [0.5, 0.6) is 17.2 Å². The molecule has 0 atom stereocenters. The van der Waals surface area contributed by atoms with Crippen LogP contribution in [0, 0.1) is 5.82 Å². The van der Waals surface area contributed by atoms with Crippen LogP contribution in [0.4, 0.5) is 10.1 Å². The Morgan fingerprint density at radius 3 is 2.81 bits per heavy atom. The van der Waals surface area contributed by atoms with Crippen LogP contribution in [0.3, 0.4) is 0 Å². The third kappa shape index (κ3) is 5.13.